The molecule has 46 valence electrons. The third-order valence-electron chi connectivity index (χ3n) is 0.659. The Hall–Kier alpha value is -0.610. The first-order chi connectivity index (χ1) is 3.43. The van der Waals surface area contributed by atoms with Gasteiger partial charge in [-0.1, -0.05) is 5.21 Å². The molecule has 0 bridgehead atoms. The number of nitrogens with two attached hydrogens (primary N) is 1. The van der Waals surface area contributed by atoms with Gasteiger partial charge in [-0.25, -0.2) is 4.68 Å². The van der Waals surface area contributed by atoms with Gasteiger partial charge in [-0.3, -0.25) is 0 Å². The minimum atomic E-state index is 0. The van der Waals surface area contributed by atoms with Gasteiger partial charge >= 0.3 is 0 Å². The van der Waals surface area contributed by atoms with Gasteiger partial charge in [0.1, 0.15) is 0 Å². The van der Waals surface area contributed by atoms with Crippen LogP contribution in [0.4, 0.5) is 0 Å². The molecule has 0 aliphatic heterocycles. The summed E-state index contributed by atoms with van der Waals surface area (Å²) in [4.78, 5) is 0. The van der Waals surface area contributed by atoms with Crippen molar-refractivity contribution in [2.24, 2.45) is 5.73 Å². The van der Waals surface area contributed by atoms with Gasteiger partial charge in [-0.2, -0.15) is 0 Å². The Morgan fingerprint density at radius 2 is 2.38 bits per heavy atom. The second-order valence-electron chi connectivity index (χ2n) is 1.13. The molecule has 2 N–H and O–H groups in total. The molecule has 0 aromatic carbocycles. The molecule has 0 saturated carbocycles. The van der Waals surface area contributed by atoms with Crippen molar-refractivity contribution in [3.63, 3.8) is 0 Å². The Morgan fingerprint density at radius 1 is 1.62 bits per heavy atom. The highest BCUT2D eigenvalue weighted by atomic mass is 35.5. The molecule has 1 aromatic rings. The van der Waals surface area contributed by atoms with Crippen LogP contribution in [0.1, 0.15) is 0 Å². The number of aromatic nitrogens is 3. The molecule has 1 rings (SSSR count). The second-order valence-corrected chi connectivity index (χ2v) is 1.13. The first-order valence-corrected chi connectivity index (χ1v) is 1.97. The van der Waals surface area contributed by atoms with Gasteiger partial charge in [-0.15, -0.1) is 17.5 Å². The molecule has 0 spiro atoms. The van der Waals surface area contributed by atoms with Crippen molar-refractivity contribution < 1.29 is 0 Å². The summed E-state index contributed by atoms with van der Waals surface area (Å²) in [6.45, 7) is 0.403. The summed E-state index contributed by atoms with van der Waals surface area (Å²) in [7, 11) is 0. The van der Waals surface area contributed by atoms with E-state index in [1.165, 1.54) is 0 Å². The predicted molar refractivity (Wildman–Crippen MR) is 31.5 cm³/mol. The Labute approximate surface area is 53.1 Å². The molecule has 0 radical (unpaired) electrons. The van der Waals surface area contributed by atoms with E-state index >= 15 is 0 Å². The molecule has 0 aliphatic rings. The number of rotatable bonds is 1. The summed E-state index contributed by atoms with van der Waals surface area (Å²) >= 11 is 0. The summed E-state index contributed by atoms with van der Waals surface area (Å²) in [5.41, 5.74) is 5.15. The summed E-state index contributed by atoms with van der Waals surface area (Å²) < 4.78 is 1.54. The van der Waals surface area contributed by atoms with Crippen molar-refractivity contribution >= 4 is 12.4 Å². The summed E-state index contributed by atoms with van der Waals surface area (Å²) in [5, 5.41) is 7.10. The zero-order chi connectivity index (χ0) is 5.11. The zero-order valence-corrected chi connectivity index (χ0v) is 5.01. The van der Waals surface area contributed by atoms with Crippen LogP contribution in [-0.4, -0.2) is 15.0 Å². The maximum atomic E-state index is 5.15. The van der Waals surface area contributed by atoms with Crippen molar-refractivity contribution in [1.29, 1.82) is 0 Å². The van der Waals surface area contributed by atoms with Gasteiger partial charge in [0.2, 0.25) is 0 Å². The van der Waals surface area contributed by atoms with Gasteiger partial charge in [0.15, 0.2) is 0 Å². The highest BCUT2D eigenvalue weighted by Gasteiger charge is 1.78. The fraction of sp³-hybridized carbons (Fsp3) is 0.333. The fourth-order valence-electron chi connectivity index (χ4n) is 0.330. The molecule has 0 amide bonds. The van der Waals surface area contributed by atoms with Gasteiger partial charge in [-0.05, 0) is 0 Å². The molecule has 0 unspecified atom stereocenters. The van der Waals surface area contributed by atoms with Crippen molar-refractivity contribution in [2.75, 3.05) is 0 Å². The molecule has 0 atom stereocenters. The van der Waals surface area contributed by atoms with Gasteiger partial charge < -0.3 is 5.73 Å². The molecular weight excluding hydrogens is 128 g/mol. The Balaban J connectivity index is 0.000000490. The smallest absolute Gasteiger partial charge is 0.0896 e. The van der Waals surface area contributed by atoms with Gasteiger partial charge in [0.25, 0.3) is 0 Å². The monoisotopic (exact) mass is 134 g/mol. The number of halogens is 1. The van der Waals surface area contributed by atoms with E-state index < -0.39 is 0 Å². The summed E-state index contributed by atoms with van der Waals surface area (Å²) in [6.07, 6.45) is 3.30. The minimum absolute atomic E-state index is 0. The van der Waals surface area contributed by atoms with Crippen LogP contribution >= 0.6 is 12.4 Å². The van der Waals surface area contributed by atoms with E-state index in [1.54, 1.807) is 17.1 Å². The third-order valence-corrected chi connectivity index (χ3v) is 0.659. The lowest BCUT2D eigenvalue weighted by atomic mass is 10.9. The normalized spacial score (nSPS) is 8.12. The van der Waals surface area contributed by atoms with E-state index in [-0.39, 0.29) is 12.4 Å². The Bertz CT molecular complexity index is 126. The molecular formula is C3H7ClN4. The predicted octanol–water partition coefficient (Wildman–Crippen LogP) is -0.384. The standard InChI is InChI=1S/C3H6N4.ClH/c4-3-7-2-1-5-6-7;/h1-2H,3-4H2;1H. The highest BCUT2D eigenvalue weighted by Crippen LogP contribution is 1.71. The number of hydrogen-bond donors (Lipinski definition) is 1. The van der Waals surface area contributed by atoms with Crippen molar-refractivity contribution in [1.82, 2.24) is 15.0 Å². The van der Waals surface area contributed by atoms with Crippen LogP contribution in [0.5, 0.6) is 0 Å². The zero-order valence-electron chi connectivity index (χ0n) is 4.19. The fourth-order valence-corrected chi connectivity index (χ4v) is 0.330. The average Bonchev–Trinajstić information content (AvgIpc) is 2.14. The Kier molecular flexibility index (Phi) is 3.14. The van der Waals surface area contributed by atoms with Crippen molar-refractivity contribution in [3.05, 3.63) is 12.4 Å². The molecule has 0 aliphatic carbocycles. The van der Waals surface area contributed by atoms with E-state index in [1.807, 2.05) is 0 Å². The molecule has 4 nitrogen and oxygen atoms in total. The lowest BCUT2D eigenvalue weighted by molar-refractivity contribution is 0.608. The molecule has 1 heterocycles. The first kappa shape index (κ1) is 7.39. The van der Waals surface area contributed by atoms with E-state index in [0.29, 0.717) is 6.67 Å². The van der Waals surface area contributed by atoms with Crippen molar-refractivity contribution in [3.8, 4) is 0 Å². The lowest BCUT2D eigenvalue weighted by Crippen LogP contribution is -2.06. The van der Waals surface area contributed by atoms with Crippen LogP contribution in [0.25, 0.3) is 0 Å². The number of hydrogen-bond acceptors (Lipinski definition) is 3. The largest absolute Gasteiger partial charge is 0.312 e. The maximum Gasteiger partial charge on any atom is 0.0896 e. The van der Waals surface area contributed by atoms with Crippen LogP contribution < -0.4 is 5.73 Å². The SMILES string of the molecule is Cl.NCn1ccnn1. The van der Waals surface area contributed by atoms with Crippen LogP contribution in [0.2, 0.25) is 0 Å². The van der Waals surface area contributed by atoms with Gasteiger partial charge in [0.05, 0.1) is 12.9 Å². The quantitative estimate of drug-likeness (QED) is 0.570. The Morgan fingerprint density at radius 3 is 2.62 bits per heavy atom. The van der Waals surface area contributed by atoms with Crippen LogP contribution in [0.15, 0.2) is 12.4 Å². The van der Waals surface area contributed by atoms with E-state index in [2.05, 4.69) is 10.3 Å². The third kappa shape index (κ3) is 1.48. The van der Waals surface area contributed by atoms with Gasteiger partial charge in [0, 0.05) is 6.20 Å². The highest BCUT2D eigenvalue weighted by molar-refractivity contribution is 5.85. The molecule has 0 saturated heterocycles. The van der Waals surface area contributed by atoms with Crippen LogP contribution in [0, 0.1) is 0 Å². The summed E-state index contributed by atoms with van der Waals surface area (Å²) in [5.74, 6) is 0. The molecule has 8 heavy (non-hydrogen) atoms. The van der Waals surface area contributed by atoms with Crippen molar-refractivity contribution in [2.45, 2.75) is 6.67 Å². The molecule has 1 aromatic heterocycles. The van der Waals surface area contributed by atoms with Crippen LogP contribution in [-0.2, 0) is 6.67 Å². The lowest BCUT2D eigenvalue weighted by Gasteiger charge is -1.85. The second kappa shape index (κ2) is 3.40. The topological polar surface area (TPSA) is 56.7 Å². The van der Waals surface area contributed by atoms with E-state index in [0.717, 1.165) is 0 Å². The minimum Gasteiger partial charge on any atom is -0.312 e. The average molecular weight is 135 g/mol. The van der Waals surface area contributed by atoms with Crippen LogP contribution in [0.3, 0.4) is 0 Å². The van der Waals surface area contributed by atoms with E-state index in [4.69, 9.17) is 5.73 Å². The van der Waals surface area contributed by atoms with E-state index in [9.17, 15) is 0 Å². The molecule has 0 fully saturated rings. The number of nitrogens with zero attached hydrogens (tertiary/aromatic N) is 3. The first-order valence-electron chi connectivity index (χ1n) is 1.97. The molecule has 5 heteroatoms. The maximum absolute atomic E-state index is 5.15. The summed E-state index contributed by atoms with van der Waals surface area (Å²) in [6, 6.07) is 0.